The molecule has 11 heteroatoms. The number of para-hydroxylation sites is 3. The van der Waals surface area contributed by atoms with Crippen LogP contribution in [0.15, 0.2) is 91.0 Å². The molecule has 1 atom stereocenters. The SMILES string of the molecule is COc1ccccc1OCCNCC(COc1cccc2[nH]c3ccccc3c12)OC(=O)c1ccccc1CO[N+](=O)[O-]. The molecule has 0 aliphatic rings. The fraction of sp³-hybridized carbons (Fsp3) is 0.219. The van der Waals surface area contributed by atoms with E-state index in [0.29, 0.717) is 36.0 Å². The van der Waals surface area contributed by atoms with Crippen LogP contribution in [0.4, 0.5) is 0 Å². The summed E-state index contributed by atoms with van der Waals surface area (Å²) in [6, 6.07) is 27.5. The van der Waals surface area contributed by atoms with Gasteiger partial charge in [0.2, 0.25) is 0 Å². The second kappa shape index (κ2) is 14.1. The van der Waals surface area contributed by atoms with Gasteiger partial charge in [0, 0.05) is 29.4 Å². The molecule has 1 aromatic heterocycles. The van der Waals surface area contributed by atoms with Gasteiger partial charge in [-0.05, 0) is 42.0 Å². The third-order valence-electron chi connectivity index (χ3n) is 6.73. The van der Waals surface area contributed by atoms with Gasteiger partial charge in [-0.1, -0.05) is 54.6 Å². The number of aromatic amines is 1. The Kier molecular flexibility index (Phi) is 9.55. The summed E-state index contributed by atoms with van der Waals surface area (Å²) < 4.78 is 23.3. The van der Waals surface area contributed by atoms with E-state index in [1.807, 2.05) is 66.7 Å². The van der Waals surface area contributed by atoms with Crippen molar-refractivity contribution >= 4 is 27.8 Å². The summed E-state index contributed by atoms with van der Waals surface area (Å²) in [6.45, 7) is 0.742. The molecular weight excluding hydrogens is 554 g/mol. The first-order chi connectivity index (χ1) is 21.0. The molecule has 0 spiro atoms. The molecule has 222 valence electrons. The van der Waals surface area contributed by atoms with Gasteiger partial charge >= 0.3 is 5.97 Å². The predicted octanol–water partition coefficient (Wildman–Crippen LogP) is 5.31. The number of methoxy groups -OCH3 is 1. The van der Waals surface area contributed by atoms with Crippen LogP contribution < -0.4 is 19.5 Å². The topological polar surface area (TPSA) is 134 Å². The number of hydrogen-bond acceptors (Lipinski definition) is 9. The third-order valence-corrected chi connectivity index (χ3v) is 6.73. The quantitative estimate of drug-likeness (QED) is 0.0725. The third kappa shape index (κ3) is 7.32. The monoisotopic (exact) mass is 585 g/mol. The lowest BCUT2D eigenvalue weighted by Gasteiger charge is -2.20. The summed E-state index contributed by atoms with van der Waals surface area (Å²) in [5, 5.41) is 15.0. The number of aromatic nitrogens is 1. The van der Waals surface area contributed by atoms with E-state index in [1.54, 1.807) is 31.4 Å². The second-order valence-corrected chi connectivity index (χ2v) is 9.55. The molecule has 0 amide bonds. The zero-order chi connectivity index (χ0) is 30.0. The zero-order valence-electron chi connectivity index (χ0n) is 23.5. The van der Waals surface area contributed by atoms with Gasteiger partial charge in [-0.3, -0.25) is 0 Å². The van der Waals surface area contributed by atoms with Crippen LogP contribution in [0.25, 0.3) is 21.8 Å². The molecule has 0 radical (unpaired) electrons. The van der Waals surface area contributed by atoms with Gasteiger partial charge < -0.3 is 34.1 Å². The van der Waals surface area contributed by atoms with Crippen molar-refractivity contribution in [3.63, 3.8) is 0 Å². The fourth-order valence-corrected chi connectivity index (χ4v) is 4.72. The minimum atomic E-state index is -0.902. The second-order valence-electron chi connectivity index (χ2n) is 9.55. The van der Waals surface area contributed by atoms with Gasteiger partial charge in [0.05, 0.1) is 18.2 Å². The van der Waals surface area contributed by atoms with E-state index in [1.165, 1.54) is 0 Å². The van der Waals surface area contributed by atoms with Gasteiger partial charge in [0.1, 0.15) is 31.7 Å². The van der Waals surface area contributed by atoms with Crippen LogP contribution in [0, 0.1) is 10.1 Å². The molecule has 5 aromatic rings. The summed E-state index contributed by atoms with van der Waals surface area (Å²) in [7, 11) is 1.58. The Morgan fingerprint density at radius 3 is 2.44 bits per heavy atom. The lowest BCUT2D eigenvalue weighted by Crippen LogP contribution is -2.37. The molecule has 1 unspecified atom stereocenters. The first-order valence-corrected chi connectivity index (χ1v) is 13.7. The van der Waals surface area contributed by atoms with E-state index in [9.17, 15) is 14.9 Å². The van der Waals surface area contributed by atoms with E-state index < -0.39 is 17.2 Å². The maximum Gasteiger partial charge on any atom is 0.338 e. The first kappa shape index (κ1) is 29.2. The molecule has 0 saturated heterocycles. The highest BCUT2D eigenvalue weighted by Crippen LogP contribution is 2.33. The number of benzene rings is 4. The van der Waals surface area contributed by atoms with Crippen LogP contribution in [0.1, 0.15) is 15.9 Å². The van der Waals surface area contributed by atoms with Crippen molar-refractivity contribution < 1.29 is 33.7 Å². The number of nitrogens with one attached hydrogen (secondary N) is 2. The van der Waals surface area contributed by atoms with E-state index in [4.69, 9.17) is 18.9 Å². The lowest BCUT2D eigenvalue weighted by molar-refractivity contribution is -0.763. The average Bonchev–Trinajstić information content (AvgIpc) is 3.42. The van der Waals surface area contributed by atoms with Crippen LogP contribution in [-0.4, -0.2) is 55.6 Å². The normalized spacial score (nSPS) is 11.7. The maximum atomic E-state index is 13.2. The Labute approximate surface area is 247 Å². The van der Waals surface area contributed by atoms with Crippen LogP contribution in [0.2, 0.25) is 0 Å². The van der Waals surface area contributed by atoms with Gasteiger partial charge in [0.25, 0.3) is 5.09 Å². The zero-order valence-corrected chi connectivity index (χ0v) is 23.5. The van der Waals surface area contributed by atoms with Gasteiger partial charge in [-0.15, -0.1) is 10.1 Å². The summed E-state index contributed by atoms with van der Waals surface area (Å²) in [6.07, 6.45) is -0.705. The van der Waals surface area contributed by atoms with Crippen LogP contribution >= 0.6 is 0 Å². The summed E-state index contributed by atoms with van der Waals surface area (Å²) >= 11 is 0. The molecule has 2 N–H and O–H groups in total. The highest BCUT2D eigenvalue weighted by atomic mass is 16.9. The molecule has 4 aromatic carbocycles. The van der Waals surface area contributed by atoms with Crippen molar-refractivity contribution in [2.24, 2.45) is 0 Å². The molecule has 0 fully saturated rings. The van der Waals surface area contributed by atoms with E-state index in [2.05, 4.69) is 15.1 Å². The minimum Gasteiger partial charge on any atom is -0.493 e. The number of nitrogens with zero attached hydrogens (tertiary/aromatic N) is 1. The van der Waals surface area contributed by atoms with Crippen molar-refractivity contribution in [3.05, 3.63) is 112 Å². The number of hydrogen-bond donors (Lipinski definition) is 2. The highest BCUT2D eigenvalue weighted by molar-refractivity contribution is 6.10. The summed E-state index contributed by atoms with van der Waals surface area (Å²) in [4.78, 5) is 31.9. The van der Waals surface area contributed by atoms with Gasteiger partial charge in [-0.2, -0.15) is 0 Å². The molecule has 0 bridgehead atoms. The van der Waals surface area contributed by atoms with Gasteiger partial charge in [-0.25, -0.2) is 4.79 Å². The Morgan fingerprint density at radius 1 is 0.884 bits per heavy atom. The van der Waals surface area contributed by atoms with E-state index in [0.717, 1.165) is 21.8 Å². The molecule has 0 saturated carbocycles. The number of carbonyl (C=O) groups excluding carboxylic acids is 1. The van der Waals surface area contributed by atoms with E-state index in [-0.39, 0.29) is 25.3 Å². The number of rotatable bonds is 15. The Morgan fingerprint density at radius 2 is 1.60 bits per heavy atom. The Hall–Kier alpha value is -5.29. The van der Waals surface area contributed by atoms with Crippen molar-refractivity contribution in [1.82, 2.24) is 10.3 Å². The maximum absolute atomic E-state index is 13.2. The predicted molar refractivity (Wildman–Crippen MR) is 160 cm³/mol. The molecule has 5 rings (SSSR count). The number of H-pyrrole nitrogens is 1. The summed E-state index contributed by atoms with van der Waals surface area (Å²) in [5.74, 6) is 1.26. The van der Waals surface area contributed by atoms with Crippen LogP contribution in [0.3, 0.4) is 0 Å². The largest absolute Gasteiger partial charge is 0.493 e. The highest BCUT2D eigenvalue weighted by Gasteiger charge is 2.21. The van der Waals surface area contributed by atoms with E-state index >= 15 is 0 Å². The molecule has 43 heavy (non-hydrogen) atoms. The number of carbonyl (C=O) groups is 1. The minimum absolute atomic E-state index is 0.0539. The van der Waals surface area contributed by atoms with Crippen molar-refractivity contribution in [2.45, 2.75) is 12.7 Å². The number of fused-ring (bicyclic) bond motifs is 3. The number of esters is 1. The summed E-state index contributed by atoms with van der Waals surface area (Å²) in [5.41, 5.74) is 2.43. The Bertz CT molecular complexity index is 1700. The molecule has 1 heterocycles. The standard InChI is InChI=1S/C32H31N3O8/c1-39-28-14-6-7-15-29(28)40-18-17-33-19-23(43-32(36)24-10-3-2-9-22(24)20-42-35(37)38)21-41-30-16-8-13-27-31(30)25-11-4-5-12-26(25)34-27/h2-16,23,33-34H,17-21H2,1H3. The molecule has 0 aliphatic heterocycles. The van der Waals surface area contributed by atoms with Gasteiger partial charge in [0.15, 0.2) is 11.5 Å². The number of ether oxygens (including phenoxy) is 4. The fourth-order valence-electron chi connectivity index (χ4n) is 4.72. The van der Waals surface area contributed by atoms with Crippen LogP contribution in [0.5, 0.6) is 17.2 Å². The smallest absolute Gasteiger partial charge is 0.338 e. The lowest BCUT2D eigenvalue weighted by atomic mass is 10.1. The van der Waals surface area contributed by atoms with Crippen LogP contribution in [-0.2, 0) is 16.2 Å². The first-order valence-electron chi connectivity index (χ1n) is 13.7. The van der Waals surface area contributed by atoms with Crippen molar-refractivity contribution in [2.75, 3.05) is 33.4 Å². The van der Waals surface area contributed by atoms with Crippen molar-refractivity contribution in [3.8, 4) is 17.2 Å². The molecule has 11 nitrogen and oxygen atoms in total. The average molecular weight is 586 g/mol. The van der Waals surface area contributed by atoms with Crippen molar-refractivity contribution in [1.29, 1.82) is 0 Å². The molecular formula is C32H31N3O8. The molecule has 0 aliphatic carbocycles. The Balaban J connectivity index is 1.28.